The van der Waals surface area contributed by atoms with Crippen LogP contribution in [0, 0.1) is 0 Å². The smallest absolute Gasteiger partial charge is 0.475 e. The van der Waals surface area contributed by atoms with Crippen LogP contribution in [0.5, 0.6) is 0 Å². The van der Waals surface area contributed by atoms with E-state index in [1.807, 2.05) is 20.3 Å². The van der Waals surface area contributed by atoms with Crippen molar-refractivity contribution in [2.75, 3.05) is 46.3 Å². The zero-order valence-electron chi connectivity index (χ0n) is 21.3. The van der Waals surface area contributed by atoms with E-state index in [1.54, 1.807) is 18.6 Å². The van der Waals surface area contributed by atoms with Gasteiger partial charge in [0.25, 0.3) is 11.8 Å². The van der Waals surface area contributed by atoms with Gasteiger partial charge in [0.1, 0.15) is 12.6 Å². The number of furan rings is 1. The molecule has 0 aliphatic carbocycles. The molecule has 0 radical (unpaired) electrons. The molecule has 0 bridgehead atoms. The summed E-state index contributed by atoms with van der Waals surface area (Å²) < 4.78 is 38.7. The van der Waals surface area contributed by atoms with Gasteiger partial charge in [0.05, 0.1) is 11.8 Å². The van der Waals surface area contributed by atoms with Crippen LogP contribution in [0.3, 0.4) is 0 Å². The summed E-state index contributed by atoms with van der Waals surface area (Å²) in [6.07, 6.45) is 4.08. The Balaban J connectivity index is 0.000000448. The number of imidazole rings is 1. The number of piperidine rings is 1. The second-order valence-corrected chi connectivity index (χ2v) is 9.49. The molecule has 2 aliphatic rings. The van der Waals surface area contributed by atoms with E-state index in [2.05, 4.69) is 21.9 Å². The maximum Gasteiger partial charge on any atom is 0.490 e. The highest BCUT2D eigenvalue weighted by Crippen LogP contribution is 2.29. The SMILES string of the molecule is CN1CCCN(C(=O)c2ncn3c(C4CCN(C(=O)c5ccoc5)CC4)ccnc23)CC1.O=C(O)C(F)(F)F. The molecule has 2 fully saturated rings. The van der Waals surface area contributed by atoms with E-state index in [1.165, 1.54) is 12.5 Å². The van der Waals surface area contributed by atoms with Gasteiger partial charge < -0.3 is 24.2 Å². The number of amides is 2. The summed E-state index contributed by atoms with van der Waals surface area (Å²) in [5.41, 5.74) is 2.71. The molecule has 39 heavy (non-hydrogen) atoms. The Bertz CT molecular complexity index is 1300. The topological polar surface area (TPSA) is 124 Å². The van der Waals surface area contributed by atoms with Crippen molar-refractivity contribution in [1.82, 2.24) is 29.1 Å². The monoisotopic (exact) mass is 550 g/mol. The molecule has 14 heteroatoms. The number of carbonyl (C=O) groups is 3. The lowest BCUT2D eigenvalue weighted by atomic mass is 9.93. The number of nitrogens with zero attached hydrogens (tertiary/aromatic N) is 6. The molecule has 3 aromatic heterocycles. The zero-order valence-corrected chi connectivity index (χ0v) is 21.3. The fourth-order valence-electron chi connectivity index (χ4n) is 4.75. The van der Waals surface area contributed by atoms with Crippen LogP contribution in [0.1, 0.15) is 51.7 Å². The van der Waals surface area contributed by atoms with Crippen LogP contribution in [0.4, 0.5) is 13.2 Å². The average molecular weight is 551 g/mol. The van der Waals surface area contributed by atoms with Crippen LogP contribution in [-0.4, -0.2) is 104 Å². The van der Waals surface area contributed by atoms with E-state index < -0.39 is 12.1 Å². The molecular formula is C25H29F3N6O5. The minimum absolute atomic E-state index is 0.00989. The van der Waals surface area contributed by atoms with E-state index >= 15 is 0 Å². The highest BCUT2D eigenvalue weighted by atomic mass is 19.4. The molecule has 2 aliphatic heterocycles. The molecule has 0 spiro atoms. The molecule has 5 heterocycles. The van der Waals surface area contributed by atoms with Crippen LogP contribution in [0.2, 0.25) is 0 Å². The number of rotatable bonds is 3. The van der Waals surface area contributed by atoms with Gasteiger partial charge in [-0.3, -0.25) is 14.0 Å². The number of aliphatic carboxylic acids is 1. The van der Waals surface area contributed by atoms with Crippen molar-refractivity contribution in [3.05, 3.63) is 54.1 Å². The van der Waals surface area contributed by atoms with Gasteiger partial charge in [-0.2, -0.15) is 13.2 Å². The Labute approximate surface area is 221 Å². The third kappa shape index (κ3) is 6.56. The van der Waals surface area contributed by atoms with Crippen molar-refractivity contribution in [3.8, 4) is 0 Å². The quantitative estimate of drug-likeness (QED) is 0.528. The van der Waals surface area contributed by atoms with Gasteiger partial charge in [-0.05, 0) is 45.0 Å². The second kappa shape index (κ2) is 11.8. The standard InChI is InChI=1S/C23H28N6O3.C2HF3O2/c1-26-8-2-9-27(13-12-26)23(31)20-21-24-7-3-19(29(21)16-25-20)17-4-10-28(11-5-17)22(30)18-6-14-32-15-18;3-2(4,5)1(6)7/h3,6-7,14-17H,2,4-5,8-13H2,1H3;(H,6,7). The number of carbonyl (C=O) groups excluding carboxylic acids is 2. The number of hydrogen-bond donors (Lipinski definition) is 1. The van der Waals surface area contributed by atoms with Crippen molar-refractivity contribution in [2.45, 2.75) is 31.4 Å². The summed E-state index contributed by atoms with van der Waals surface area (Å²) in [7, 11) is 2.09. The van der Waals surface area contributed by atoms with Gasteiger partial charge in [-0.15, -0.1) is 0 Å². The first-order valence-corrected chi connectivity index (χ1v) is 12.5. The van der Waals surface area contributed by atoms with Crippen molar-refractivity contribution >= 4 is 23.4 Å². The van der Waals surface area contributed by atoms with Crippen LogP contribution in [0.25, 0.3) is 5.65 Å². The summed E-state index contributed by atoms with van der Waals surface area (Å²) in [6, 6.07) is 3.70. The molecular weight excluding hydrogens is 521 g/mol. The number of carboxylic acid groups (broad SMARTS) is 1. The second-order valence-electron chi connectivity index (χ2n) is 9.49. The van der Waals surface area contributed by atoms with Gasteiger partial charge in [0.15, 0.2) is 11.3 Å². The summed E-state index contributed by atoms with van der Waals surface area (Å²) in [5.74, 6) is -2.52. The van der Waals surface area contributed by atoms with E-state index in [0.717, 1.165) is 44.6 Å². The fourth-order valence-corrected chi connectivity index (χ4v) is 4.75. The number of hydrogen-bond acceptors (Lipinski definition) is 7. The van der Waals surface area contributed by atoms with Crippen LogP contribution in [-0.2, 0) is 4.79 Å². The number of halogens is 3. The summed E-state index contributed by atoms with van der Waals surface area (Å²) >= 11 is 0. The largest absolute Gasteiger partial charge is 0.490 e. The number of alkyl halides is 3. The van der Waals surface area contributed by atoms with Gasteiger partial charge in [-0.1, -0.05) is 0 Å². The molecule has 3 aromatic rings. The lowest BCUT2D eigenvalue weighted by Gasteiger charge is -2.32. The third-order valence-corrected chi connectivity index (χ3v) is 6.88. The molecule has 0 aromatic carbocycles. The fraction of sp³-hybridized carbons (Fsp3) is 0.480. The molecule has 0 unspecified atom stereocenters. The van der Waals surface area contributed by atoms with E-state index in [9.17, 15) is 22.8 Å². The lowest BCUT2D eigenvalue weighted by molar-refractivity contribution is -0.192. The van der Waals surface area contributed by atoms with Gasteiger partial charge in [-0.25, -0.2) is 14.8 Å². The lowest BCUT2D eigenvalue weighted by Crippen LogP contribution is -2.38. The Morgan fingerprint density at radius 2 is 1.67 bits per heavy atom. The summed E-state index contributed by atoms with van der Waals surface area (Å²) in [6.45, 7) is 4.67. The van der Waals surface area contributed by atoms with Gasteiger partial charge >= 0.3 is 12.1 Å². The zero-order chi connectivity index (χ0) is 28.2. The van der Waals surface area contributed by atoms with Crippen molar-refractivity contribution in [1.29, 1.82) is 0 Å². The Morgan fingerprint density at radius 3 is 2.31 bits per heavy atom. The van der Waals surface area contributed by atoms with Crippen LogP contribution in [0.15, 0.2) is 41.6 Å². The highest BCUT2D eigenvalue weighted by molar-refractivity contribution is 5.98. The molecule has 5 rings (SSSR count). The molecule has 210 valence electrons. The minimum atomic E-state index is -5.08. The van der Waals surface area contributed by atoms with E-state index in [0.29, 0.717) is 36.5 Å². The van der Waals surface area contributed by atoms with Crippen LogP contribution < -0.4 is 0 Å². The van der Waals surface area contributed by atoms with Crippen molar-refractivity contribution < 1.29 is 37.1 Å². The first-order valence-electron chi connectivity index (χ1n) is 12.5. The first-order chi connectivity index (χ1) is 18.6. The van der Waals surface area contributed by atoms with E-state index in [-0.39, 0.29) is 17.7 Å². The summed E-state index contributed by atoms with van der Waals surface area (Å²) in [4.78, 5) is 49.7. The van der Waals surface area contributed by atoms with Crippen molar-refractivity contribution in [2.24, 2.45) is 0 Å². The number of fused-ring (bicyclic) bond motifs is 1. The van der Waals surface area contributed by atoms with Gasteiger partial charge in [0, 0.05) is 50.5 Å². The minimum Gasteiger partial charge on any atom is -0.475 e. The van der Waals surface area contributed by atoms with Crippen molar-refractivity contribution in [3.63, 3.8) is 0 Å². The maximum absolute atomic E-state index is 13.2. The molecule has 11 nitrogen and oxygen atoms in total. The number of likely N-dealkylation sites (N-methyl/N-ethyl adjacent to an activating group) is 1. The summed E-state index contributed by atoms with van der Waals surface area (Å²) in [5, 5.41) is 7.12. The molecule has 0 saturated carbocycles. The number of likely N-dealkylation sites (tertiary alicyclic amines) is 1. The first kappa shape index (κ1) is 28.1. The van der Waals surface area contributed by atoms with Gasteiger partial charge in [0.2, 0.25) is 0 Å². The maximum atomic E-state index is 13.2. The van der Waals surface area contributed by atoms with Crippen LogP contribution >= 0.6 is 0 Å². The molecule has 2 amide bonds. The predicted molar refractivity (Wildman–Crippen MR) is 131 cm³/mol. The average Bonchev–Trinajstić information content (AvgIpc) is 3.55. The number of carboxylic acids is 1. The number of aromatic nitrogens is 3. The third-order valence-electron chi connectivity index (χ3n) is 6.88. The highest BCUT2D eigenvalue weighted by Gasteiger charge is 2.38. The Hall–Kier alpha value is -3.94. The Kier molecular flexibility index (Phi) is 8.53. The molecule has 2 saturated heterocycles. The van der Waals surface area contributed by atoms with E-state index in [4.69, 9.17) is 14.3 Å². The molecule has 1 N–H and O–H groups in total. The predicted octanol–water partition coefficient (Wildman–Crippen LogP) is 2.75. The molecule has 0 atom stereocenters. The Morgan fingerprint density at radius 1 is 0.974 bits per heavy atom. The normalized spacial score (nSPS) is 17.4.